The molecule has 0 amide bonds. The Morgan fingerprint density at radius 3 is 2.29 bits per heavy atom. The topological polar surface area (TPSA) is 60.4 Å². The van der Waals surface area contributed by atoms with Gasteiger partial charge in [0.25, 0.3) is 0 Å². The van der Waals surface area contributed by atoms with Crippen LogP contribution in [0.15, 0.2) is 59.5 Å². The van der Waals surface area contributed by atoms with Crippen molar-refractivity contribution in [2.24, 2.45) is 0 Å². The number of benzene rings is 2. The number of rotatable bonds is 6. The predicted molar refractivity (Wildman–Crippen MR) is 109 cm³/mol. The molecule has 0 radical (unpaired) electrons. The third kappa shape index (κ3) is 4.76. The van der Waals surface area contributed by atoms with Gasteiger partial charge in [-0.15, -0.1) is 0 Å². The van der Waals surface area contributed by atoms with E-state index in [4.69, 9.17) is 4.28 Å². The van der Waals surface area contributed by atoms with Crippen molar-refractivity contribution >= 4 is 22.5 Å². The number of piperidine rings is 1. The molecule has 2 atom stereocenters. The molecule has 1 aliphatic rings. The number of likely N-dealkylation sites (tertiary alicyclic amines) is 1. The monoisotopic (exact) mass is 400 g/mol. The first-order chi connectivity index (χ1) is 13.3. The van der Waals surface area contributed by atoms with Crippen LogP contribution in [0.1, 0.15) is 40.7 Å². The number of hydrogen-bond acceptors (Lipinski definition) is 4. The van der Waals surface area contributed by atoms with Crippen LogP contribution in [0.5, 0.6) is 0 Å². The summed E-state index contributed by atoms with van der Waals surface area (Å²) < 4.78 is 31.4. The minimum Gasteiger partial charge on any atom is -0.298 e. The van der Waals surface area contributed by atoms with Crippen molar-refractivity contribution in [1.29, 1.82) is 0 Å². The first kappa shape index (κ1) is 20.5. The fourth-order valence-corrected chi connectivity index (χ4v) is 4.66. The highest BCUT2D eigenvalue weighted by atomic mass is 32.2. The van der Waals surface area contributed by atoms with Gasteiger partial charge in [0.15, 0.2) is 0 Å². The van der Waals surface area contributed by atoms with Gasteiger partial charge >= 0.3 is 10.1 Å². The maximum atomic E-state index is 12.8. The van der Waals surface area contributed by atoms with Crippen LogP contribution in [0.4, 0.5) is 0 Å². The molecule has 2 aromatic carbocycles. The number of nitrogens with zero attached hydrogens (tertiary/aromatic N) is 1. The lowest BCUT2D eigenvalue weighted by molar-refractivity contribution is -1.08. The number of quaternary nitrogens is 1. The van der Waals surface area contributed by atoms with Gasteiger partial charge in [0.05, 0.1) is 4.90 Å². The second-order valence-electron chi connectivity index (χ2n) is 7.45. The molecule has 1 aliphatic heterocycles. The average Bonchev–Trinajstić information content (AvgIpc) is 2.67. The fraction of sp³-hybridized carbons (Fsp3) is 0.318. The Bertz CT molecular complexity index is 949. The molecule has 5 nitrogen and oxygen atoms in total. The van der Waals surface area contributed by atoms with Crippen molar-refractivity contribution < 1.29 is 22.1 Å². The summed E-state index contributed by atoms with van der Waals surface area (Å²) in [6.45, 7) is 2.54. The zero-order valence-corrected chi connectivity index (χ0v) is 17.1. The highest BCUT2D eigenvalue weighted by Gasteiger charge is 2.41. The van der Waals surface area contributed by atoms with E-state index in [-0.39, 0.29) is 15.6 Å². The van der Waals surface area contributed by atoms with Crippen molar-refractivity contribution in [3.8, 4) is 0 Å². The quantitative estimate of drug-likeness (QED) is 0.540. The van der Waals surface area contributed by atoms with E-state index in [1.807, 2.05) is 38.3 Å². The van der Waals surface area contributed by atoms with Gasteiger partial charge in [-0.1, -0.05) is 52.3 Å². The summed E-state index contributed by atoms with van der Waals surface area (Å²) >= 11 is 0. The van der Waals surface area contributed by atoms with Crippen molar-refractivity contribution in [3.05, 3.63) is 71.3 Å². The fourth-order valence-electron chi connectivity index (χ4n) is 3.47. The average molecular weight is 401 g/mol. The second kappa shape index (κ2) is 8.39. The lowest BCUT2D eigenvalue weighted by atomic mass is 10.0. The molecule has 6 heteroatoms. The highest BCUT2D eigenvalue weighted by Crippen LogP contribution is 2.29. The zero-order valence-electron chi connectivity index (χ0n) is 16.2. The van der Waals surface area contributed by atoms with E-state index in [1.165, 1.54) is 0 Å². The van der Waals surface area contributed by atoms with Gasteiger partial charge < -0.3 is 0 Å². The molecular formula is C22H26NO4S+. The third-order valence-electron chi connectivity index (χ3n) is 5.21. The van der Waals surface area contributed by atoms with Gasteiger partial charge in [-0.25, -0.2) is 0 Å². The molecule has 148 valence electrons. The van der Waals surface area contributed by atoms with Crippen LogP contribution in [0.25, 0.3) is 6.08 Å². The molecule has 0 aromatic heterocycles. The van der Waals surface area contributed by atoms with Crippen LogP contribution in [0.2, 0.25) is 0 Å². The van der Waals surface area contributed by atoms with Gasteiger partial charge in [0.1, 0.15) is 25.9 Å². The summed E-state index contributed by atoms with van der Waals surface area (Å²) in [6.07, 6.45) is 7.58. The van der Waals surface area contributed by atoms with Crippen LogP contribution in [-0.4, -0.2) is 39.0 Å². The first-order valence-electron chi connectivity index (χ1n) is 9.44. The standard InChI is InChI=1S/C22H26NO4S/c1-18-6-14-22(15-7-18)28(25,26)27-23(2)16-4-3-5-21(23)13-12-19-8-10-20(17-24)11-9-19/h6-15,17,21H,3-5,16H2,1-2H3/q+1. The molecular weight excluding hydrogens is 374 g/mol. The van der Waals surface area contributed by atoms with Gasteiger partial charge in [-0.05, 0) is 43.5 Å². The van der Waals surface area contributed by atoms with E-state index in [9.17, 15) is 13.2 Å². The van der Waals surface area contributed by atoms with Gasteiger partial charge in [0.2, 0.25) is 0 Å². The molecule has 0 spiro atoms. The van der Waals surface area contributed by atoms with Crippen LogP contribution in [-0.2, 0) is 14.4 Å². The lowest BCUT2D eigenvalue weighted by Gasteiger charge is -2.39. The molecule has 0 aliphatic carbocycles. The summed E-state index contributed by atoms with van der Waals surface area (Å²) in [5.41, 5.74) is 2.59. The van der Waals surface area contributed by atoms with E-state index in [0.29, 0.717) is 12.1 Å². The molecule has 3 rings (SSSR count). The molecule has 0 N–H and O–H groups in total. The van der Waals surface area contributed by atoms with Crippen LogP contribution >= 0.6 is 0 Å². The summed E-state index contributed by atoms with van der Waals surface area (Å²) in [7, 11) is -2.03. The molecule has 2 aromatic rings. The summed E-state index contributed by atoms with van der Waals surface area (Å²) in [4.78, 5) is 11.0. The van der Waals surface area contributed by atoms with E-state index in [0.717, 1.165) is 36.7 Å². The Balaban J connectivity index is 1.81. The number of hydroxylamine groups is 3. The Morgan fingerprint density at radius 1 is 1.00 bits per heavy atom. The minimum atomic E-state index is -3.86. The van der Waals surface area contributed by atoms with Gasteiger partial charge in [-0.3, -0.25) is 4.79 Å². The Kier molecular flexibility index (Phi) is 6.13. The smallest absolute Gasteiger partial charge is 0.298 e. The third-order valence-corrected chi connectivity index (χ3v) is 6.60. The lowest BCUT2D eigenvalue weighted by Crippen LogP contribution is -2.55. The zero-order chi connectivity index (χ0) is 20.2. The van der Waals surface area contributed by atoms with Crippen LogP contribution < -0.4 is 0 Å². The summed E-state index contributed by atoms with van der Waals surface area (Å²) in [5, 5.41) is 0. The number of likely N-dealkylation sites (N-methyl/N-ethyl adjacent to an activating group) is 1. The molecule has 2 unspecified atom stereocenters. The maximum absolute atomic E-state index is 12.8. The van der Waals surface area contributed by atoms with E-state index in [1.54, 1.807) is 36.4 Å². The minimum absolute atomic E-state index is 0.000862. The molecule has 1 fully saturated rings. The van der Waals surface area contributed by atoms with Crippen molar-refractivity contribution in [2.45, 2.75) is 37.1 Å². The Morgan fingerprint density at radius 2 is 1.64 bits per heavy atom. The largest absolute Gasteiger partial charge is 0.342 e. The number of aldehydes is 1. The maximum Gasteiger partial charge on any atom is 0.342 e. The molecule has 0 saturated carbocycles. The van der Waals surface area contributed by atoms with Crippen molar-refractivity contribution in [3.63, 3.8) is 0 Å². The normalized spacial score (nSPS) is 23.0. The van der Waals surface area contributed by atoms with E-state index in [2.05, 4.69) is 0 Å². The molecule has 1 saturated heterocycles. The van der Waals surface area contributed by atoms with Crippen LogP contribution in [0, 0.1) is 6.92 Å². The van der Waals surface area contributed by atoms with E-state index < -0.39 is 10.1 Å². The van der Waals surface area contributed by atoms with E-state index >= 15 is 0 Å². The van der Waals surface area contributed by atoms with Crippen LogP contribution in [0.3, 0.4) is 0 Å². The number of carbonyl (C=O) groups is 1. The van der Waals surface area contributed by atoms with Crippen molar-refractivity contribution in [2.75, 3.05) is 13.6 Å². The molecule has 28 heavy (non-hydrogen) atoms. The summed E-state index contributed by atoms with van der Waals surface area (Å²) in [5.74, 6) is 0. The molecule has 1 heterocycles. The SMILES string of the molecule is Cc1ccc(S(=O)(=O)O[N+]2(C)CCCCC2C=Cc2ccc(C=O)cc2)cc1. The highest BCUT2D eigenvalue weighted by molar-refractivity contribution is 7.86. The number of aryl methyl sites for hydroxylation is 1. The predicted octanol–water partition coefficient (Wildman–Crippen LogP) is 4.14. The Labute approximate surface area is 166 Å². The van der Waals surface area contributed by atoms with Crippen molar-refractivity contribution in [1.82, 2.24) is 0 Å². The Hall–Kier alpha value is -2.28. The van der Waals surface area contributed by atoms with Gasteiger partial charge in [0, 0.05) is 12.0 Å². The summed E-state index contributed by atoms with van der Waals surface area (Å²) in [6, 6.07) is 13.9. The number of hydrogen-bond donors (Lipinski definition) is 0. The molecule has 0 bridgehead atoms. The number of carbonyl (C=O) groups excluding carboxylic acids is 1. The second-order valence-corrected chi connectivity index (χ2v) is 8.97. The first-order valence-corrected chi connectivity index (χ1v) is 10.8. The van der Waals surface area contributed by atoms with Gasteiger partial charge in [-0.2, -0.15) is 13.1 Å².